The molecule has 1 saturated heterocycles. The van der Waals surface area contributed by atoms with Crippen LogP contribution in [0.5, 0.6) is 0 Å². The zero-order valence-electron chi connectivity index (χ0n) is 20.5. The van der Waals surface area contributed by atoms with Crippen molar-refractivity contribution < 1.29 is 14.4 Å². The van der Waals surface area contributed by atoms with Crippen molar-refractivity contribution in [3.05, 3.63) is 90.1 Å². The number of imide groups is 1. The van der Waals surface area contributed by atoms with E-state index in [1.165, 1.54) is 4.90 Å². The summed E-state index contributed by atoms with van der Waals surface area (Å²) in [6, 6.07) is 20.5. The fourth-order valence-electron chi connectivity index (χ4n) is 4.62. The number of hydrogen-bond donors (Lipinski definition) is 2. The number of urea groups is 1. The number of nitrogen functional groups attached to an aromatic ring is 1. The third-order valence-corrected chi connectivity index (χ3v) is 6.54. The molecule has 8 nitrogen and oxygen atoms in total. The van der Waals surface area contributed by atoms with E-state index >= 15 is 0 Å². The van der Waals surface area contributed by atoms with E-state index in [0.29, 0.717) is 17.9 Å². The number of carbonyl (C=O) groups excluding carboxylic acids is 3. The number of likely N-dealkylation sites (tertiary alicyclic amines) is 1. The quantitative estimate of drug-likeness (QED) is 0.470. The molecule has 3 aromatic rings. The molecule has 2 aromatic carbocycles. The molecular formula is C28H31N5O3. The van der Waals surface area contributed by atoms with Gasteiger partial charge in [-0.1, -0.05) is 61.9 Å². The van der Waals surface area contributed by atoms with E-state index in [1.807, 2.05) is 67.6 Å². The molecule has 3 atom stereocenters. The summed E-state index contributed by atoms with van der Waals surface area (Å²) in [7, 11) is 1.65. The van der Waals surface area contributed by atoms with Crippen molar-refractivity contribution in [2.45, 2.75) is 38.3 Å². The summed E-state index contributed by atoms with van der Waals surface area (Å²) in [4.78, 5) is 46.9. The Bertz CT molecular complexity index is 1220. The van der Waals surface area contributed by atoms with Gasteiger partial charge in [-0.25, -0.2) is 9.78 Å². The Morgan fingerprint density at radius 1 is 1.08 bits per heavy atom. The highest BCUT2D eigenvalue weighted by atomic mass is 16.2. The van der Waals surface area contributed by atoms with Gasteiger partial charge in [-0.05, 0) is 48.2 Å². The number of amides is 4. The zero-order chi connectivity index (χ0) is 25.7. The second-order valence-corrected chi connectivity index (χ2v) is 8.99. The van der Waals surface area contributed by atoms with Crippen LogP contribution in [0.2, 0.25) is 0 Å². The summed E-state index contributed by atoms with van der Waals surface area (Å²) in [5, 5.41) is 2.99. The van der Waals surface area contributed by atoms with E-state index in [-0.39, 0.29) is 24.3 Å². The van der Waals surface area contributed by atoms with Gasteiger partial charge in [-0.3, -0.25) is 14.5 Å². The lowest BCUT2D eigenvalue weighted by molar-refractivity contribution is -0.156. The van der Waals surface area contributed by atoms with Crippen LogP contribution in [0.15, 0.2) is 79.0 Å². The maximum atomic E-state index is 13.7. The maximum absolute atomic E-state index is 13.7. The minimum Gasteiger partial charge on any atom is -0.384 e. The van der Waals surface area contributed by atoms with Gasteiger partial charge in [0, 0.05) is 18.9 Å². The lowest BCUT2D eigenvalue weighted by Crippen LogP contribution is -2.70. The maximum Gasteiger partial charge on any atom is 0.325 e. The van der Waals surface area contributed by atoms with Gasteiger partial charge in [0.25, 0.3) is 5.91 Å². The monoisotopic (exact) mass is 485 g/mol. The van der Waals surface area contributed by atoms with E-state index in [2.05, 4.69) is 10.3 Å². The number of rotatable bonds is 8. The molecule has 4 amide bonds. The first kappa shape index (κ1) is 24.9. The van der Waals surface area contributed by atoms with Gasteiger partial charge in [0.15, 0.2) is 0 Å². The van der Waals surface area contributed by atoms with Gasteiger partial charge < -0.3 is 16.0 Å². The van der Waals surface area contributed by atoms with Crippen molar-refractivity contribution >= 4 is 29.4 Å². The molecule has 186 valence electrons. The van der Waals surface area contributed by atoms with Crippen LogP contribution in [0, 0.1) is 5.92 Å². The number of carbonyl (C=O) groups is 3. The summed E-state index contributed by atoms with van der Waals surface area (Å²) >= 11 is 0. The predicted molar refractivity (Wildman–Crippen MR) is 139 cm³/mol. The number of likely N-dealkylation sites (N-methyl/N-ethyl adjacent to an activating group) is 1. The average molecular weight is 486 g/mol. The molecule has 0 unspecified atom stereocenters. The predicted octanol–water partition coefficient (Wildman–Crippen LogP) is 3.95. The number of nitrogens with zero attached hydrogens (tertiary/aromatic N) is 3. The summed E-state index contributed by atoms with van der Waals surface area (Å²) in [5.74, 6) is -1.05. The van der Waals surface area contributed by atoms with E-state index < -0.39 is 18.0 Å². The van der Waals surface area contributed by atoms with Crippen LogP contribution >= 0.6 is 0 Å². The number of para-hydroxylation sites is 1. The van der Waals surface area contributed by atoms with Gasteiger partial charge in [0.05, 0.1) is 12.0 Å². The first-order valence-corrected chi connectivity index (χ1v) is 12.1. The zero-order valence-corrected chi connectivity index (χ0v) is 20.5. The lowest BCUT2D eigenvalue weighted by atomic mass is 9.81. The molecule has 0 radical (unpaired) electrons. The highest BCUT2D eigenvalue weighted by molar-refractivity contribution is 6.12. The third-order valence-electron chi connectivity index (χ3n) is 6.54. The second-order valence-electron chi connectivity index (χ2n) is 8.99. The number of anilines is 2. The van der Waals surface area contributed by atoms with E-state index in [1.54, 1.807) is 25.4 Å². The molecule has 0 bridgehead atoms. The summed E-state index contributed by atoms with van der Waals surface area (Å²) in [5.41, 5.74) is 8.24. The molecule has 1 fully saturated rings. The van der Waals surface area contributed by atoms with Crippen LogP contribution in [0.1, 0.15) is 36.9 Å². The fraction of sp³-hybridized carbons (Fsp3) is 0.286. The largest absolute Gasteiger partial charge is 0.384 e. The van der Waals surface area contributed by atoms with Crippen LogP contribution in [-0.4, -0.2) is 40.8 Å². The molecule has 8 heteroatoms. The van der Waals surface area contributed by atoms with Crippen molar-refractivity contribution in [1.29, 1.82) is 0 Å². The SMILES string of the molecule is CCC[C@H](NC(=O)N1C(=O)[C@H](Cc2ccnc(N)c2)[C@H]1C(=O)N(C)c1ccccc1)c1ccccc1. The van der Waals surface area contributed by atoms with Crippen molar-refractivity contribution in [2.24, 2.45) is 5.92 Å². The molecule has 4 rings (SSSR count). The van der Waals surface area contributed by atoms with Crippen LogP contribution in [0.4, 0.5) is 16.3 Å². The van der Waals surface area contributed by atoms with Gasteiger partial charge >= 0.3 is 6.03 Å². The van der Waals surface area contributed by atoms with Crippen LogP contribution in [-0.2, 0) is 16.0 Å². The standard InChI is InChI=1S/C28H31N5O3/c1-3-10-23(20-11-6-4-7-12-20)31-28(36)33-25(27(35)32(2)21-13-8-5-9-14-21)22(26(33)34)17-19-15-16-30-24(29)18-19/h4-9,11-16,18,22-23,25H,3,10,17H2,1-2H3,(H2,29,30)(H,31,36)/t22-,23+,25+/m1/s1. The van der Waals surface area contributed by atoms with Crippen LogP contribution in [0.25, 0.3) is 0 Å². The first-order valence-electron chi connectivity index (χ1n) is 12.1. The number of nitrogens with two attached hydrogens (primary N) is 1. The molecule has 0 aliphatic carbocycles. The topological polar surface area (TPSA) is 109 Å². The molecule has 36 heavy (non-hydrogen) atoms. The second kappa shape index (κ2) is 11.0. The number of aromatic nitrogens is 1. The summed E-state index contributed by atoms with van der Waals surface area (Å²) < 4.78 is 0. The molecular weight excluding hydrogens is 454 g/mol. The van der Waals surface area contributed by atoms with Crippen molar-refractivity contribution in [2.75, 3.05) is 17.7 Å². The number of pyridine rings is 1. The Kier molecular flexibility index (Phi) is 7.63. The Morgan fingerprint density at radius 2 is 1.75 bits per heavy atom. The fourth-order valence-corrected chi connectivity index (χ4v) is 4.62. The van der Waals surface area contributed by atoms with Crippen LogP contribution < -0.4 is 16.0 Å². The van der Waals surface area contributed by atoms with E-state index in [4.69, 9.17) is 5.73 Å². The number of β-lactam (4-membered cyclic amide) rings is 1. The van der Waals surface area contributed by atoms with Gasteiger partial charge in [0.1, 0.15) is 11.9 Å². The average Bonchev–Trinajstić information content (AvgIpc) is 2.90. The molecule has 1 aliphatic heterocycles. The lowest BCUT2D eigenvalue weighted by Gasteiger charge is -2.46. The highest BCUT2D eigenvalue weighted by Crippen LogP contribution is 2.33. The Hall–Kier alpha value is -4.20. The number of hydrogen-bond acceptors (Lipinski definition) is 5. The Labute approximate surface area is 211 Å². The van der Waals surface area contributed by atoms with Gasteiger partial charge in [0.2, 0.25) is 5.91 Å². The molecule has 0 saturated carbocycles. The normalized spacial score (nSPS) is 17.7. The minimum absolute atomic E-state index is 0.266. The molecule has 3 N–H and O–H groups in total. The van der Waals surface area contributed by atoms with E-state index in [9.17, 15) is 14.4 Å². The highest BCUT2D eigenvalue weighted by Gasteiger charge is 2.55. The number of benzene rings is 2. The number of nitrogens with one attached hydrogen (secondary N) is 1. The van der Waals surface area contributed by atoms with Crippen molar-refractivity contribution in [3.63, 3.8) is 0 Å². The smallest absolute Gasteiger partial charge is 0.325 e. The van der Waals surface area contributed by atoms with Gasteiger partial charge in [-0.2, -0.15) is 0 Å². The van der Waals surface area contributed by atoms with E-state index in [0.717, 1.165) is 22.4 Å². The third kappa shape index (κ3) is 5.22. The summed E-state index contributed by atoms with van der Waals surface area (Å²) in [6.07, 6.45) is 3.41. The first-order chi connectivity index (χ1) is 17.4. The Morgan fingerprint density at radius 3 is 2.39 bits per heavy atom. The summed E-state index contributed by atoms with van der Waals surface area (Å²) in [6.45, 7) is 2.04. The molecule has 1 aromatic heterocycles. The minimum atomic E-state index is -0.935. The molecule has 1 aliphatic rings. The van der Waals surface area contributed by atoms with Gasteiger partial charge in [-0.15, -0.1) is 0 Å². The Balaban J connectivity index is 1.60. The van der Waals surface area contributed by atoms with Crippen LogP contribution in [0.3, 0.4) is 0 Å². The van der Waals surface area contributed by atoms with Crippen molar-refractivity contribution in [3.8, 4) is 0 Å². The molecule has 2 heterocycles. The molecule has 0 spiro atoms. The van der Waals surface area contributed by atoms with Crippen molar-refractivity contribution in [1.82, 2.24) is 15.2 Å².